The molecule has 2 aromatic carbocycles. The third kappa shape index (κ3) is 9.35. The van der Waals surface area contributed by atoms with E-state index >= 15 is 0 Å². The van der Waals surface area contributed by atoms with Crippen LogP contribution in [0.5, 0.6) is 0 Å². The Morgan fingerprint density at radius 1 is 0.692 bits per heavy atom. The summed E-state index contributed by atoms with van der Waals surface area (Å²) in [7, 11) is -0.284. The number of benzene rings is 2. The zero-order valence-corrected chi connectivity index (χ0v) is 19.4. The molecule has 26 heavy (non-hydrogen) atoms. The van der Waals surface area contributed by atoms with Crippen LogP contribution in [0.4, 0.5) is 0 Å². The van der Waals surface area contributed by atoms with Gasteiger partial charge in [-0.15, -0.1) is 0 Å². The third-order valence-electron chi connectivity index (χ3n) is 5.12. The molecule has 2 rings (SSSR count). The van der Waals surface area contributed by atoms with Crippen molar-refractivity contribution in [1.82, 2.24) is 0 Å². The van der Waals surface area contributed by atoms with E-state index in [1.54, 1.807) is 10.4 Å². The minimum Gasteiger partial charge on any atom is -0.0888 e. The molecule has 2 aromatic rings. The fourth-order valence-electron chi connectivity index (χ4n) is 3.68. The van der Waals surface area contributed by atoms with Crippen molar-refractivity contribution in [3.63, 3.8) is 0 Å². The SMILES string of the molecule is CCC=CCCCCCCCC([SiH2]c1ccccc1)[SiH2]c1ccccc1. The summed E-state index contributed by atoms with van der Waals surface area (Å²) in [5.74, 6) is 0. The van der Waals surface area contributed by atoms with E-state index < -0.39 is 0 Å². The van der Waals surface area contributed by atoms with Crippen LogP contribution in [0.25, 0.3) is 0 Å². The van der Waals surface area contributed by atoms with Crippen molar-refractivity contribution in [2.75, 3.05) is 0 Å². The summed E-state index contributed by atoms with van der Waals surface area (Å²) in [5.41, 5.74) is 0. The Bertz CT molecular complexity index is 551. The van der Waals surface area contributed by atoms with Crippen molar-refractivity contribution >= 4 is 29.4 Å². The molecule has 0 nitrogen and oxygen atoms in total. The fourth-order valence-corrected chi connectivity index (χ4v) is 9.67. The van der Waals surface area contributed by atoms with Gasteiger partial charge < -0.3 is 0 Å². The summed E-state index contributed by atoms with van der Waals surface area (Å²) in [6.07, 6.45) is 15.7. The summed E-state index contributed by atoms with van der Waals surface area (Å²) in [5, 5.41) is 4.35. The predicted octanol–water partition coefficient (Wildman–Crippen LogP) is 4.42. The van der Waals surface area contributed by atoms with Crippen molar-refractivity contribution in [3.8, 4) is 0 Å². The van der Waals surface area contributed by atoms with Gasteiger partial charge in [-0.2, -0.15) is 0 Å². The summed E-state index contributed by atoms with van der Waals surface area (Å²) >= 11 is 0. The van der Waals surface area contributed by atoms with Crippen molar-refractivity contribution in [3.05, 3.63) is 72.8 Å². The lowest BCUT2D eigenvalue weighted by atomic mass is 10.1. The first-order valence-electron chi connectivity index (χ1n) is 10.6. The summed E-state index contributed by atoms with van der Waals surface area (Å²) in [6, 6.07) is 22.6. The van der Waals surface area contributed by atoms with Gasteiger partial charge in [0, 0.05) is 0 Å². The molecule has 2 heteroatoms. The highest BCUT2D eigenvalue weighted by molar-refractivity contribution is 6.73. The van der Waals surface area contributed by atoms with Crippen LogP contribution in [0, 0.1) is 0 Å². The van der Waals surface area contributed by atoms with Gasteiger partial charge in [0.25, 0.3) is 0 Å². The minimum atomic E-state index is -0.142. The summed E-state index contributed by atoms with van der Waals surface area (Å²) < 4.78 is 0. The van der Waals surface area contributed by atoms with E-state index in [1.165, 1.54) is 51.4 Å². The molecule has 0 aliphatic rings. The number of allylic oxidation sites excluding steroid dienone is 2. The molecule has 0 heterocycles. The van der Waals surface area contributed by atoms with Crippen LogP contribution in [0.2, 0.25) is 5.16 Å². The Kier molecular flexibility index (Phi) is 11.1. The van der Waals surface area contributed by atoms with E-state index in [4.69, 9.17) is 0 Å². The lowest BCUT2D eigenvalue weighted by Crippen LogP contribution is -2.29. The molecule has 0 fully saturated rings. The molecule has 0 spiro atoms. The molecule has 0 saturated carbocycles. The van der Waals surface area contributed by atoms with Crippen molar-refractivity contribution in [2.24, 2.45) is 0 Å². The van der Waals surface area contributed by atoms with Gasteiger partial charge in [0.15, 0.2) is 0 Å². The first kappa shape index (κ1) is 20.9. The van der Waals surface area contributed by atoms with E-state index in [2.05, 4.69) is 79.7 Å². The number of unbranched alkanes of at least 4 members (excludes halogenated alkanes) is 5. The summed E-state index contributed by atoms with van der Waals surface area (Å²) in [6.45, 7) is 2.21. The first-order chi connectivity index (χ1) is 12.9. The second-order valence-electron chi connectivity index (χ2n) is 7.47. The summed E-state index contributed by atoms with van der Waals surface area (Å²) in [4.78, 5) is 0. The van der Waals surface area contributed by atoms with Gasteiger partial charge in [-0.3, -0.25) is 0 Å². The molecule has 0 aliphatic heterocycles. The zero-order valence-electron chi connectivity index (χ0n) is 16.6. The van der Waals surface area contributed by atoms with E-state index in [-0.39, 0.29) is 19.0 Å². The van der Waals surface area contributed by atoms with Gasteiger partial charge in [0.2, 0.25) is 0 Å². The largest absolute Gasteiger partial charge is 0.0888 e. The molecule has 0 radical (unpaired) electrons. The minimum absolute atomic E-state index is 0.142. The highest BCUT2D eigenvalue weighted by Gasteiger charge is 2.12. The molecular weight excluding hydrogens is 344 g/mol. The van der Waals surface area contributed by atoms with Gasteiger partial charge in [0.05, 0.1) is 19.0 Å². The second kappa shape index (κ2) is 13.8. The van der Waals surface area contributed by atoms with Gasteiger partial charge in [-0.1, -0.05) is 127 Å². The average Bonchev–Trinajstić information content (AvgIpc) is 2.68. The molecule has 0 atom stereocenters. The number of hydrogen-bond acceptors (Lipinski definition) is 0. The fraction of sp³-hybridized carbons (Fsp3) is 0.417. The van der Waals surface area contributed by atoms with Crippen LogP contribution >= 0.6 is 0 Å². The molecule has 0 N–H and O–H groups in total. The van der Waals surface area contributed by atoms with Gasteiger partial charge in [-0.05, 0) is 19.3 Å². The van der Waals surface area contributed by atoms with Crippen LogP contribution in [-0.4, -0.2) is 19.0 Å². The Labute approximate surface area is 165 Å². The van der Waals surface area contributed by atoms with E-state index in [1.807, 2.05) is 0 Å². The highest BCUT2D eigenvalue weighted by atomic mass is 28.3. The van der Waals surface area contributed by atoms with Crippen LogP contribution < -0.4 is 10.4 Å². The Balaban J connectivity index is 1.72. The molecule has 0 bridgehead atoms. The van der Waals surface area contributed by atoms with Crippen LogP contribution in [0.15, 0.2) is 72.8 Å². The molecule has 0 aliphatic carbocycles. The topological polar surface area (TPSA) is 0 Å². The van der Waals surface area contributed by atoms with Crippen molar-refractivity contribution in [1.29, 1.82) is 0 Å². The van der Waals surface area contributed by atoms with Gasteiger partial charge in [-0.25, -0.2) is 0 Å². The molecule has 0 amide bonds. The lowest BCUT2D eigenvalue weighted by molar-refractivity contribution is 0.605. The number of hydrogen-bond donors (Lipinski definition) is 0. The standard InChI is InChI=1S/C24H36Si2/c1-2-3-4-5-6-7-8-9-16-21-24(25-22-17-12-10-13-18-22)26-23-19-14-11-15-20-23/h3-4,10-15,17-20,24H,2,5-9,16,21,25-26H2,1H3. The maximum Gasteiger partial charge on any atom is 0.0550 e. The Morgan fingerprint density at radius 3 is 1.81 bits per heavy atom. The first-order valence-corrected chi connectivity index (χ1v) is 13.7. The Morgan fingerprint density at radius 2 is 1.23 bits per heavy atom. The second-order valence-corrected chi connectivity index (χ2v) is 13.4. The maximum absolute atomic E-state index is 2.36. The van der Waals surface area contributed by atoms with Crippen LogP contribution in [0.3, 0.4) is 0 Å². The maximum atomic E-state index is 2.36. The monoisotopic (exact) mass is 380 g/mol. The number of rotatable bonds is 13. The van der Waals surface area contributed by atoms with E-state index in [0.29, 0.717) is 0 Å². The Hall–Kier alpha value is -1.39. The third-order valence-corrected chi connectivity index (χ3v) is 10.7. The quantitative estimate of drug-likeness (QED) is 0.274. The van der Waals surface area contributed by atoms with E-state index in [9.17, 15) is 0 Å². The highest BCUT2D eigenvalue weighted by Crippen LogP contribution is 2.15. The molecule has 0 aromatic heterocycles. The van der Waals surface area contributed by atoms with Crippen molar-refractivity contribution in [2.45, 2.75) is 63.5 Å². The molecule has 0 unspecified atom stereocenters. The molecular formula is C24H36Si2. The average molecular weight is 381 g/mol. The van der Waals surface area contributed by atoms with Gasteiger partial charge >= 0.3 is 0 Å². The van der Waals surface area contributed by atoms with Crippen molar-refractivity contribution < 1.29 is 0 Å². The lowest BCUT2D eigenvalue weighted by Gasteiger charge is -2.16. The predicted molar refractivity (Wildman–Crippen MR) is 125 cm³/mol. The van der Waals surface area contributed by atoms with Crippen LogP contribution in [-0.2, 0) is 0 Å². The zero-order chi connectivity index (χ0) is 18.3. The normalized spacial score (nSPS) is 13.4. The van der Waals surface area contributed by atoms with Crippen LogP contribution in [0.1, 0.15) is 58.3 Å². The smallest absolute Gasteiger partial charge is 0.0550 e. The van der Waals surface area contributed by atoms with Gasteiger partial charge in [0.1, 0.15) is 0 Å². The molecule has 0 saturated heterocycles. The van der Waals surface area contributed by atoms with E-state index in [0.717, 1.165) is 5.16 Å². The molecule has 140 valence electrons.